The van der Waals surface area contributed by atoms with Crippen LogP contribution in [0.2, 0.25) is 0 Å². The fraction of sp³-hybridized carbons (Fsp3) is 0.143. The van der Waals surface area contributed by atoms with Crippen molar-refractivity contribution in [1.29, 1.82) is 0 Å². The number of imide groups is 1. The average molecular weight is 154 g/mol. The van der Waals surface area contributed by atoms with Gasteiger partial charge in [-0.15, -0.1) is 0 Å². The second kappa shape index (κ2) is 4.27. The van der Waals surface area contributed by atoms with Gasteiger partial charge in [-0.1, -0.05) is 13.2 Å². The molecule has 0 fully saturated rings. The number of hydrogen-bond acceptors (Lipinski definition) is 2. The van der Waals surface area contributed by atoms with Gasteiger partial charge >= 0.3 is 6.03 Å². The van der Waals surface area contributed by atoms with Crippen LogP contribution in [0.3, 0.4) is 0 Å². The van der Waals surface area contributed by atoms with Gasteiger partial charge in [0.1, 0.15) is 0 Å². The third-order valence-corrected chi connectivity index (χ3v) is 1.01. The fourth-order valence-corrected chi connectivity index (χ4v) is 0.328. The zero-order valence-corrected chi connectivity index (χ0v) is 6.33. The van der Waals surface area contributed by atoms with Crippen molar-refractivity contribution in [1.82, 2.24) is 10.2 Å². The highest BCUT2D eigenvalue weighted by atomic mass is 16.2. The summed E-state index contributed by atoms with van der Waals surface area (Å²) in [5, 5.41) is 2.04. The summed E-state index contributed by atoms with van der Waals surface area (Å²) in [5.41, 5.74) is 0. The molecule has 3 amide bonds. The Labute approximate surface area is 65.2 Å². The van der Waals surface area contributed by atoms with E-state index >= 15 is 0 Å². The van der Waals surface area contributed by atoms with E-state index in [4.69, 9.17) is 0 Å². The number of carbonyl (C=O) groups excluding carboxylic acids is 2. The third-order valence-electron chi connectivity index (χ3n) is 1.01. The Morgan fingerprint density at radius 2 is 2.00 bits per heavy atom. The zero-order chi connectivity index (χ0) is 8.85. The molecule has 11 heavy (non-hydrogen) atoms. The Kier molecular flexibility index (Phi) is 3.66. The number of hydrogen-bond donors (Lipinski definition) is 1. The van der Waals surface area contributed by atoms with E-state index in [0.717, 1.165) is 11.0 Å². The quantitative estimate of drug-likeness (QED) is 0.588. The van der Waals surface area contributed by atoms with Crippen molar-refractivity contribution in [2.24, 2.45) is 0 Å². The predicted octanol–water partition coefficient (Wildman–Crippen LogP) is 0.484. The van der Waals surface area contributed by atoms with E-state index < -0.39 is 11.9 Å². The molecular formula is C7H10N2O2. The number of urea groups is 1. The normalized spacial score (nSPS) is 8.09. The van der Waals surface area contributed by atoms with E-state index in [1.165, 1.54) is 13.2 Å². The van der Waals surface area contributed by atoms with Crippen molar-refractivity contribution >= 4 is 11.9 Å². The Balaban J connectivity index is 3.96. The minimum atomic E-state index is -0.524. The van der Waals surface area contributed by atoms with Gasteiger partial charge in [0.25, 0.3) is 5.91 Å². The molecule has 0 atom stereocenters. The predicted molar refractivity (Wildman–Crippen MR) is 41.7 cm³/mol. The van der Waals surface area contributed by atoms with Gasteiger partial charge in [0.2, 0.25) is 0 Å². The van der Waals surface area contributed by atoms with Crippen LogP contribution in [0.1, 0.15) is 0 Å². The molecule has 4 nitrogen and oxygen atoms in total. The molecule has 0 rings (SSSR count). The van der Waals surface area contributed by atoms with E-state index in [1.54, 1.807) is 0 Å². The van der Waals surface area contributed by atoms with Crippen LogP contribution < -0.4 is 5.32 Å². The van der Waals surface area contributed by atoms with Gasteiger partial charge in [0.05, 0.1) is 0 Å². The van der Waals surface area contributed by atoms with Crippen molar-refractivity contribution in [3.8, 4) is 0 Å². The van der Waals surface area contributed by atoms with Crippen molar-refractivity contribution in [3.63, 3.8) is 0 Å². The molecule has 0 radical (unpaired) electrons. The largest absolute Gasteiger partial charge is 0.328 e. The molecule has 1 N–H and O–H groups in total. The molecule has 60 valence electrons. The van der Waals surface area contributed by atoms with Crippen LogP contribution >= 0.6 is 0 Å². The molecule has 0 saturated carbocycles. The standard InChI is InChI=1S/C7H10N2O2/c1-4-6(10)8-7(11)9(3)5-2/h4-5H,1-2H2,3H3,(H,8,10,11). The lowest BCUT2D eigenvalue weighted by Gasteiger charge is -2.09. The van der Waals surface area contributed by atoms with Gasteiger partial charge < -0.3 is 4.90 Å². The monoisotopic (exact) mass is 154 g/mol. The summed E-state index contributed by atoms with van der Waals surface area (Å²) < 4.78 is 0. The van der Waals surface area contributed by atoms with Crippen LogP contribution in [-0.2, 0) is 4.79 Å². The van der Waals surface area contributed by atoms with Crippen molar-refractivity contribution in [3.05, 3.63) is 25.4 Å². The first kappa shape index (κ1) is 9.42. The van der Waals surface area contributed by atoms with Crippen LogP contribution in [0, 0.1) is 0 Å². The maximum Gasteiger partial charge on any atom is 0.328 e. The molecule has 0 aliphatic carbocycles. The molecule has 0 spiro atoms. The Morgan fingerprint density at radius 1 is 1.45 bits per heavy atom. The molecule has 0 unspecified atom stereocenters. The van der Waals surface area contributed by atoms with E-state index in [9.17, 15) is 9.59 Å². The van der Waals surface area contributed by atoms with Crippen LogP contribution in [0.15, 0.2) is 25.4 Å². The van der Waals surface area contributed by atoms with Crippen LogP contribution in [0.25, 0.3) is 0 Å². The topological polar surface area (TPSA) is 49.4 Å². The first-order valence-electron chi connectivity index (χ1n) is 2.94. The molecule has 0 aromatic heterocycles. The molecule has 0 aliphatic rings. The lowest BCUT2D eigenvalue weighted by atomic mass is 10.6. The minimum Gasteiger partial charge on any atom is -0.304 e. The number of carbonyl (C=O) groups is 2. The van der Waals surface area contributed by atoms with Gasteiger partial charge in [0, 0.05) is 13.2 Å². The molecule has 0 saturated heterocycles. The summed E-state index contributed by atoms with van der Waals surface area (Å²) in [4.78, 5) is 22.5. The zero-order valence-electron chi connectivity index (χ0n) is 6.33. The van der Waals surface area contributed by atoms with Crippen molar-refractivity contribution in [2.45, 2.75) is 0 Å². The highest BCUT2D eigenvalue weighted by Crippen LogP contribution is 1.82. The van der Waals surface area contributed by atoms with Gasteiger partial charge in [-0.3, -0.25) is 10.1 Å². The highest BCUT2D eigenvalue weighted by molar-refractivity contribution is 6.00. The van der Waals surface area contributed by atoms with Crippen molar-refractivity contribution < 1.29 is 9.59 Å². The number of nitrogens with one attached hydrogen (secondary N) is 1. The number of amides is 3. The molecule has 0 aromatic rings. The lowest BCUT2D eigenvalue weighted by Crippen LogP contribution is -2.36. The first-order valence-corrected chi connectivity index (χ1v) is 2.94. The molecular weight excluding hydrogens is 144 g/mol. The average Bonchev–Trinajstić information content (AvgIpc) is 2.02. The van der Waals surface area contributed by atoms with Crippen LogP contribution in [0.4, 0.5) is 4.79 Å². The Morgan fingerprint density at radius 3 is 2.36 bits per heavy atom. The van der Waals surface area contributed by atoms with Gasteiger partial charge in [-0.25, -0.2) is 4.79 Å². The van der Waals surface area contributed by atoms with E-state index in [-0.39, 0.29) is 0 Å². The van der Waals surface area contributed by atoms with Gasteiger partial charge in [0.15, 0.2) is 0 Å². The molecule has 4 heteroatoms. The van der Waals surface area contributed by atoms with Gasteiger partial charge in [-0.2, -0.15) is 0 Å². The summed E-state index contributed by atoms with van der Waals surface area (Å²) in [6.07, 6.45) is 2.32. The van der Waals surface area contributed by atoms with E-state index in [2.05, 4.69) is 13.2 Å². The summed E-state index contributed by atoms with van der Waals surface area (Å²) in [6, 6.07) is -0.523. The van der Waals surface area contributed by atoms with E-state index in [0.29, 0.717) is 0 Å². The van der Waals surface area contributed by atoms with Crippen LogP contribution in [0.5, 0.6) is 0 Å². The second-order valence-corrected chi connectivity index (χ2v) is 1.79. The smallest absolute Gasteiger partial charge is 0.304 e. The number of nitrogens with zero attached hydrogens (tertiary/aromatic N) is 1. The molecule has 0 aliphatic heterocycles. The second-order valence-electron chi connectivity index (χ2n) is 1.79. The maximum atomic E-state index is 10.8. The molecule has 0 bridgehead atoms. The van der Waals surface area contributed by atoms with Crippen LogP contribution in [-0.4, -0.2) is 23.9 Å². The van der Waals surface area contributed by atoms with Gasteiger partial charge in [-0.05, 0) is 6.08 Å². The highest BCUT2D eigenvalue weighted by Gasteiger charge is 2.05. The lowest BCUT2D eigenvalue weighted by molar-refractivity contribution is -0.115. The third kappa shape index (κ3) is 3.20. The SMILES string of the molecule is C=CC(=O)NC(=O)N(C)C=C. The fourth-order valence-electron chi connectivity index (χ4n) is 0.328. The summed E-state index contributed by atoms with van der Waals surface area (Å²) in [5.74, 6) is -0.524. The minimum absolute atomic E-state index is 0.523. The summed E-state index contributed by atoms with van der Waals surface area (Å²) in [6.45, 7) is 6.53. The maximum absolute atomic E-state index is 10.8. The molecule has 0 aromatic carbocycles. The first-order chi connectivity index (χ1) is 5.11. The summed E-state index contributed by atoms with van der Waals surface area (Å²) >= 11 is 0. The molecule has 0 heterocycles. The van der Waals surface area contributed by atoms with Crippen molar-refractivity contribution in [2.75, 3.05) is 7.05 Å². The Bertz CT molecular complexity index is 199. The summed E-state index contributed by atoms with van der Waals surface area (Å²) in [7, 11) is 1.48. The van der Waals surface area contributed by atoms with E-state index in [1.807, 2.05) is 5.32 Å². The Hall–Kier alpha value is -1.58. The number of rotatable bonds is 2.